The van der Waals surface area contributed by atoms with Crippen molar-refractivity contribution in [1.29, 1.82) is 0 Å². The Morgan fingerprint density at radius 1 is 1.44 bits per heavy atom. The largest absolute Gasteiger partial charge is 0.392 e. The zero-order valence-corrected chi connectivity index (χ0v) is 11.7. The molecule has 1 N–H and O–H groups in total. The average Bonchev–Trinajstić information content (AvgIpc) is 2.76. The number of hydrogen-bond acceptors (Lipinski definition) is 4. The fourth-order valence-corrected chi connectivity index (χ4v) is 4.16. The second-order valence-corrected chi connectivity index (χ2v) is 7.46. The number of aliphatic hydroxyl groups excluding tert-OH is 1. The zero-order chi connectivity index (χ0) is 11.8. The number of nitrogens with zero attached hydrogens (tertiary/aromatic N) is 1. The van der Waals surface area contributed by atoms with Crippen LogP contribution in [0.2, 0.25) is 0 Å². The van der Waals surface area contributed by atoms with E-state index in [-0.39, 0.29) is 11.5 Å². The Kier molecular flexibility index (Phi) is 3.62. The van der Waals surface area contributed by atoms with Gasteiger partial charge in [0.25, 0.3) is 0 Å². The van der Waals surface area contributed by atoms with Crippen LogP contribution in [0.1, 0.15) is 31.5 Å². The first-order chi connectivity index (χ1) is 7.47. The van der Waals surface area contributed by atoms with Gasteiger partial charge in [0.1, 0.15) is 0 Å². The van der Waals surface area contributed by atoms with Crippen molar-refractivity contribution < 1.29 is 5.11 Å². The molecule has 0 saturated carbocycles. The molecule has 2 heterocycles. The van der Waals surface area contributed by atoms with Crippen LogP contribution in [0.5, 0.6) is 0 Å². The van der Waals surface area contributed by atoms with Gasteiger partial charge < -0.3 is 5.11 Å². The predicted molar refractivity (Wildman–Crippen MR) is 71.3 cm³/mol. The summed E-state index contributed by atoms with van der Waals surface area (Å²) in [6, 6.07) is 0. The lowest BCUT2D eigenvalue weighted by Crippen LogP contribution is -2.20. The molecule has 4 heteroatoms. The van der Waals surface area contributed by atoms with Gasteiger partial charge in [-0.05, 0) is 5.75 Å². The van der Waals surface area contributed by atoms with E-state index in [1.165, 1.54) is 10.7 Å². The monoisotopic (exact) mass is 257 g/mol. The highest BCUT2D eigenvalue weighted by molar-refractivity contribution is 7.99. The molecule has 0 aromatic carbocycles. The first-order valence-electron chi connectivity index (χ1n) is 5.67. The highest BCUT2D eigenvalue weighted by Crippen LogP contribution is 2.30. The fourth-order valence-electron chi connectivity index (χ4n) is 1.76. The lowest BCUT2D eigenvalue weighted by Gasteiger charge is -2.15. The number of thioether (sulfide) groups is 1. The molecule has 1 saturated heterocycles. The standard InChI is InChI=1S/C12H19NOS2/c1-12(2,3)10-7-16-11(13-10)4-8-5-15-6-9(8)14/h7-9,14H,4-6H2,1-3H3. The molecular weight excluding hydrogens is 238 g/mol. The second-order valence-electron chi connectivity index (χ2n) is 5.45. The highest BCUT2D eigenvalue weighted by atomic mass is 32.2. The lowest BCUT2D eigenvalue weighted by molar-refractivity contribution is 0.150. The normalized spacial score (nSPS) is 26.2. The smallest absolute Gasteiger partial charge is 0.0932 e. The Morgan fingerprint density at radius 3 is 2.69 bits per heavy atom. The van der Waals surface area contributed by atoms with Crippen molar-refractivity contribution in [3.8, 4) is 0 Å². The molecule has 1 aromatic heterocycles. The fraction of sp³-hybridized carbons (Fsp3) is 0.750. The van der Waals surface area contributed by atoms with Crippen molar-refractivity contribution in [3.63, 3.8) is 0 Å². The van der Waals surface area contributed by atoms with Gasteiger partial charge in [-0.25, -0.2) is 4.98 Å². The number of aromatic nitrogens is 1. The number of rotatable bonds is 2. The summed E-state index contributed by atoms with van der Waals surface area (Å²) >= 11 is 3.58. The maximum Gasteiger partial charge on any atom is 0.0932 e. The molecule has 1 aromatic rings. The van der Waals surface area contributed by atoms with E-state index in [0.717, 1.165) is 17.9 Å². The lowest BCUT2D eigenvalue weighted by atomic mass is 9.93. The minimum atomic E-state index is -0.132. The Balaban J connectivity index is 2.03. The molecule has 0 amide bonds. The minimum Gasteiger partial charge on any atom is -0.392 e. The zero-order valence-electron chi connectivity index (χ0n) is 10.1. The summed E-state index contributed by atoms with van der Waals surface area (Å²) in [6.07, 6.45) is 0.807. The minimum absolute atomic E-state index is 0.132. The molecule has 1 aliphatic rings. The Morgan fingerprint density at radius 2 is 2.19 bits per heavy atom. The maximum atomic E-state index is 9.77. The van der Waals surface area contributed by atoms with Crippen LogP contribution in [-0.2, 0) is 11.8 Å². The van der Waals surface area contributed by atoms with Gasteiger partial charge in [-0.15, -0.1) is 11.3 Å². The van der Waals surface area contributed by atoms with Crippen molar-refractivity contribution in [2.75, 3.05) is 11.5 Å². The van der Waals surface area contributed by atoms with Crippen LogP contribution in [0, 0.1) is 5.92 Å². The third kappa shape index (κ3) is 2.79. The van der Waals surface area contributed by atoms with E-state index in [4.69, 9.17) is 0 Å². The molecule has 16 heavy (non-hydrogen) atoms. The SMILES string of the molecule is CC(C)(C)c1csc(CC2CSCC2O)n1. The quantitative estimate of drug-likeness (QED) is 0.884. The molecule has 0 bridgehead atoms. The van der Waals surface area contributed by atoms with E-state index < -0.39 is 0 Å². The molecule has 2 atom stereocenters. The Hall–Kier alpha value is -0.0600. The van der Waals surface area contributed by atoms with E-state index in [9.17, 15) is 5.11 Å². The molecule has 1 fully saturated rings. The van der Waals surface area contributed by atoms with Gasteiger partial charge in [0.15, 0.2) is 0 Å². The topological polar surface area (TPSA) is 33.1 Å². The number of thiazole rings is 1. The Bertz CT molecular complexity index is 356. The van der Waals surface area contributed by atoms with Gasteiger partial charge in [0, 0.05) is 28.9 Å². The number of aliphatic hydroxyl groups is 1. The van der Waals surface area contributed by atoms with E-state index in [1.807, 2.05) is 11.8 Å². The van der Waals surface area contributed by atoms with Gasteiger partial charge in [-0.1, -0.05) is 20.8 Å². The van der Waals surface area contributed by atoms with Gasteiger partial charge in [-0.3, -0.25) is 0 Å². The highest BCUT2D eigenvalue weighted by Gasteiger charge is 2.27. The third-order valence-corrected chi connectivity index (χ3v) is 5.03. The summed E-state index contributed by atoms with van der Waals surface area (Å²) in [5, 5.41) is 13.1. The average molecular weight is 257 g/mol. The first-order valence-corrected chi connectivity index (χ1v) is 7.71. The Labute approximate surface area is 105 Å². The first kappa shape index (κ1) is 12.4. The van der Waals surface area contributed by atoms with Crippen LogP contribution in [0.3, 0.4) is 0 Å². The van der Waals surface area contributed by atoms with Crippen molar-refractivity contribution in [3.05, 3.63) is 16.1 Å². The van der Waals surface area contributed by atoms with E-state index >= 15 is 0 Å². The summed E-state index contributed by atoms with van der Waals surface area (Å²) in [6.45, 7) is 6.56. The van der Waals surface area contributed by atoms with Crippen LogP contribution < -0.4 is 0 Å². The van der Waals surface area contributed by atoms with Crippen molar-refractivity contribution in [2.45, 2.75) is 38.7 Å². The molecule has 1 aliphatic heterocycles. The van der Waals surface area contributed by atoms with Crippen molar-refractivity contribution >= 4 is 23.1 Å². The van der Waals surface area contributed by atoms with Crippen molar-refractivity contribution in [2.24, 2.45) is 5.92 Å². The van der Waals surface area contributed by atoms with Crippen LogP contribution >= 0.6 is 23.1 Å². The molecule has 0 spiro atoms. The summed E-state index contributed by atoms with van der Waals surface area (Å²) in [5.41, 5.74) is 1.31. The number of hydrogen-bond donors (Lipinski definition) is 1. The van der Waals surface area contributed by atoms with Crippen molar-refractivity contribution in [1.82, 2.24) is 4.98 Å². The predicted octanol–water partition coefficient (Wildman–Crippen LogP) is 2.71. The summed E-state index contributed by atoms with van der Waals surface area (Å²) < 4.78 is 0. The van der Waals surface area contributed by atoms with Gasteiger partial charge in [0.05, 0.1) is 16.8 Å². The summed E-state index contributed by atoms with van der Waals surface area (Å²) in [5.74, 6) is 2.37. The van der Waals surface area contributed by atoms with Crippen LogP contribution in [0.25, 0.3) is 0 Å². The molecule has 2 rings (SSSR count). The van der Waals surface area contributed by atoms with Gasteiger partial charge in [-0.2, -0.15) is 11.8 Å². The second kappa shape index (κ2) is 4.67. The van der Waals surface area contributed by atoms with Gasteiger partial charge >= 0.3 is 0 Å². The van der Waals surface area contributed by atoms with E-state index in [1.54, 1.807) is 11.3 Å². The maximum absolute atomic E-state index is 9.77. The molecule has 2 unspecified atom stereocenters. The van der Waals surface area contributed by atoms with Crippen LogP contribution in [0.15, 0.2) is 5.38 Å². The van der Waals surface area contributed by atoms with Crippen LogP contribution in [0.4, 0.5) is 0 Å². The summed E-state index contributed by atoms with van der Waals surface area (Å²) in [4.78, 5) is 4.68. The summed E-state index contributed by atoms with van der Waals surface area (Å²) in [7, 11) is 0. The third-order valence-electron chi connectivity index (χ3n) is 2.92. The van der Waals surface area contributed by atoms with E-state index in [2.05, 4.69) is 31.1 Å². The van der Waals surface area contributed by atoms with Gasteiger partial charge in [0.2, 0.25) is 0 Å². The molecule has 90 valence electrons. The van der Waals surface area contributed by atoms with E-state index in [0.29, 0.717) is 5.92 Å². The van der Waals surface area contributed by atoms with Crippen LogP contribution in [-0.4, -0.2) is 27.7 Å². The molecular formula is C12H19NOS2. The molecule has 2 nitrogen and oxygen atoms in total. The molecule has 0 aliphatic carbocycles. The molecule has 0 radical (unpaired) electrons.